The van der Waals surface area contributed by atoms with E-state index in [1.54, 1.807) is 0 Å². The monoisotopic (exact) mass is 299 g/mol. The molecule has 1 saturated carbocycles. The number of halogens is 5. The molecule has 0 heterocycles. The first kappa shape index (κ1) is 15.6. The van der Waals surface area contributed by atoms with Gasteiger partial charge in [-0.1, -0.05) is 24.4 Å². The summed E-state index contributed by atoms with van der Waals surface area (Å²) in [5, 5.41) is 0.311. The molecule has 1 aliphatic carbocycles. The highest BCUT2D eigenvalue weighted by Crippen LogP contribution is 2.39. The number of benzene rings is 1. The number of alkyl halides is 3. The topological polar surface area (TPSA) is 26.0 Å². The van der Waals surface area contributed by atoms with Gasteiger partial charge in [0, 0.05) is 11.1 Å². The molecule has 0 aromatic heterocycles. The molecule has 0 bridgehead atoms. The minimum Gasteiger partial charge on any atom is -0.324 e. The van der Waals surface area contributed by atoms with Crippen LogP contribution in [0.2, 0.25) is 5.02 Å². The highest BCUT2D eigenvalue weighted by molar-refractivity contribution is 6.31. The van der Waals surface area contributed by atoms with E-state index in [0.717, 1.165) is 25.0 Å². The average Bonchev–Trinajstić information content (AvgIpc) is 3.00. The molecule has 1 fully saturated rings. The fourth-order valence-electron chi connectivity index (χ4n) is 1.84. The van der Waals surface area contributed by atoms with Gasteiger partial charge in [-0.2, -0.15) is 13.2 Å². The van der Waals surface area contributed by atoms with Crippen molar-refractivity contribution in [2.24, 2.45) is 11.7 Å². The second-order valence-corrected chi connectivity index (χ2v) is 4.93. The van der Waals surface area contributed by atoms with Crippen LogP contribution in [-0.2, 0) is 6.18 Å². The van der Waals surface area contributed by atoms with Crippen molar-refractivity contribution in [1.29, 1.82) is 0 Å². The van der Waals surface area contributed by atoms with Crippen LogP contribution in [-0.4, -0.2) is 0 Å². The quantitative estimate of drug-likeness (QED) is 0.868. The zero-order valence-electron chi connectivity index (χ0n) is 9.51. The first-order valence-corrected chi connectivity index (χ1v) is 5.88. The van der Waals surface area contributed by atoms with E-state index in [1.807, 2.05) is 0 Å². The Bertz CT molecular complexity index is 416. The van der Waals surface area contributed by atoms with Crippen molar-refractivity contribution in [1.82, 2.24) is 0 Å². The molecular formula is C12H14Cl2F3N. The molecule has 102 valence electrons. The van der Waals surface area contributed by atoms with Gasteiger partial charge in [0.05, 0.1) is 5.56 Å². The summed E-state index contributed by atoms with van der Waals surface area (Å²) in [6.45, 7) is 0. The van der Waals surface area contributed by atoms with Gasteiger partial charge in [-0.15, -0.1) is 12.4 Å². The van der Waals surface area contributed by atoms with Crippen LogP contribution in [0.1, 0.15) is 36.4 Å². The Hall–Kier alpha value is -0.450. The second-order valence-electron chi connectivity index (χ2n) is 4.52. The summed E-state index contributed by atoms with van der Waals surface area (Å²) in [6, 6.07) is 2.91. The van der Waals surface area contributed by atoms with Crippen LogP contribution in [0.3, 0.4) is 0 Å². The van der Waals surface area contributed by atoms with Crippen LogP contribution in [0.4, 0.5) is 13.2 Å². The molecule has 18 heavy (non-hydrogen) atoms. The van der Waals surface area contributed by atoms with Crippen LogP contribution < -0.4 is 5.73 Å². The van der Waals surface area contributed by atoms with Crippen molar-refractivity contribution in [3.63, 3.8) is 0 Å². The predicted octanol–water partition coefficient (Wildman–Crippen LogP) is 4.58. The maximum atomic E-state index is 12.6. The lowest BCUT2D eigenvalue weighted by Gasteiger charge is -2.16. The third kappa shape index (κ3) is 3.77. The Morgan fingerprint density at radius 2 is 1.94 bits per heavy atom. The van der Waals surface area contributed by atoms with Crippen LogP contribution in [0.5, 0.6) is 0 Å². The number of nitrogens with two attached hydrogens (primary N) is 1. The molecule has 0 unspecified atom stereocenters. The maximum absolute atomic E-state index is 12.6. The standard InChI is InChI=1S/C12H13ClF3N.ClH/c13-10-4-3-8(12(14,15)16)6-9(10)11(17)5-7-1-2-7;/h3-4,6-7,11H,1-2,5,17H2;1H/t11-;/m0./s1. The average molecular weight is 300 g/mol. The maximum Gasteiger partial charge on any atom is 0.416 e. The fourth-order valence-corrected chi connectivity index (χ4v) is 2.10. The van der Waals surface area contributed by atoms with Gasteiger partial charge in [-0.25, -0.2) is 0 Å². The van der Waals surface area contributed by atoms with E-state index < -0.39 is 17.8 Å². The second kappa shape index (κ2) is 5.68. The van der Waals surface area contributed by atoms with E-state index in [9.17, 15) is 13.2 Å². The molecule has 1 nitrogen and oxygen atoms in total. The molecule has 0 aliphatic heterocycles. The van der Waals surface area contributed by atoms with Crippen LogP contribution in [0.15, 0.2) is 18.2 Å². The third-order valence-electron chi connectivity index (χ3n) is 3.01. The van der Waals surface area contributed by atoms with Gasteiger partial charge in [-0.3, -0.25) is 0 Å². The Balaban J connectivity index is 0.00000162. The Kier molecular flexibility index (Phi) is 4.92. The van der Waals surface area contributed by atoms with E-state index >= 15 is 0 Å². The summed E-state index contributed by atoms with van der Waals surface area (Å²) in [6.07, 6.45) is -1.41. The molecule has 0 radical (unpaired) electrons. The molecule has 0 saturated heterocycles. The molecule has 1 aromatic rings. The summed E-state index contributed by atoms with van der Waals surface area (Å²) in [5.74, 6) is 0.551. The normalized spacial score (nSPS) is 17.2. The highest BCUT2D eigenvalue weighted by Gasteiger charge is 2.32. The zero-order chi connectivity index (χ0) is 12.6. The van der Waals surface area contributed by atoms with E-state index in [2.05, 4.69) is 0 Å². The summed E-state index contributed by atoms with van der Waals surface area (Å²) >= 11 is 5.90. The van der Waals surface area contributed by atoms with Crippen LogP contribution in [0.25, 0.3) is 0 Å². The van der Waals surface area contributed by atoms with Crippen molar-refractivity contribution in [2.45, 2.75) is 31.5 Å². The molecule has 1 aromatic carbocycles. The predicted molar refractivity (Wildman–Crippen MR) is 68.0 cm³/mol. The van der Waals surface area contributed by atoms with Crippen molar-refractivity contribution in [3.05, 3.63) is 34.3 Å². The Morgan fingerprint density at radius 3 is 2.44 bits per heavy atom. The van der Waals surface area contributed by atoms with Gasteiger partial charge in [0.25, 0.3) is 0 Å². The molecule has 6 heteroatoms. The first-order chi connectivity index (χ1) is 7.88. The van der Waals surface area contributed by atoms with Crippen molar-refractivity contribution in [3.8, 4) is 0 Å². The summed E-state index contributed by atoms with van der Waals surface area (Å²) < 4.78 is 37.7. The number of hydrogen-bond donors (Lipinski definition) is 1. The van der Waals surface area contributed by atoms with Crippen molar-refractivity contribution in [2.75, 3.05) is 0 Å². The van der Waals surface area contributed by atoms with Gasteiger partial charge in [0.2, 0.25) is 0 Å². The lowest BCUT2D eigenvalue weighted by Crippen LogP contribution is -2.14. The van der Waals surface area contributed by atoms with Gasteiger partial charge >= 0.3 is 6.18 Å². The number of hydrogen-bond acceptors (Lipinski definition) is 1. The third-order valence-corrected chi connectivity index (χ3v) is 3.35. The van der Waals surface area contributed by atoms with E-state index in [4.69, 9.17) is 17.3 Å². The zero-order valence-corrected chi connectivity index (χ0v) is 11.1. The molecule has 0 spiro atoms. The molecule has 1 atom stereocenters. The molecular weight excluding hydrogens is 286 g/mol. The van der Waals surface area contributed by atoms with E-state index in [1.165, 1.54) is 6.07 Å². The van der Waals surface area contributed by atoms with Crippen molar-refractivity contribution >= 4 is 24.0 Å². The van der Waals surface area contributed by atoms with Crippen LogP contribution in [0, 0.1) is 5.92 Å². The van der Waals surface area contributed by atoms with Gasteiger partial charge in [-0.05, 0) is 36.1 Å². The fraction of sp³-hybridized carbons (Fsp3) is 0.500. The minimum atomic E-state index is -4.35. The van der Waals surface area contributed by atoms with Gasteiger partial charge in [0.1, 0.15) is 0 Å². The summed E-state index contributed by atoms with van der Waals surface area (Å²) in [5.41, 5.74) is 5.60. The van der Waals surface area contributed by atoms with E-state index in [0.29, 0.717) is 22.9 Å². The highest BCUT2D eigenvalue weighted by atomic mass is 35.5. The molecule has 0 amide bonds. The van der Waals surface area contributed by atoms with Crippen LogP contribution >= 0.6 is 24.0 Å². The SMILES string of the molecule is Cl.N[C@@H](CC1CC1)c1cc(C(F)(F)F)ccc1Cl. The van der Waals surface area contributed by atoms with Gasteiger partial charge in [0.15, 0.2) is 0 Å². The van der Waals surface area contributed by atoms with Crippen molar-refractivity contribution < 1.29 is 13.2 Å². The largest absolute Gasteiger partial charge is 0.416 e. The molecule has 2 N–H and O–H groups in total. The lowest BCUT2D eigenvalue weighted by atomic mass is 10.00. The van der Waals surface area contributed by atoms with E-state index in [-0.39, 0.29) is 12.4 Å². The smallest absolute Gasteiger partial charge is 0.324 e. The first-order valence-electron chi connectivity index (χ1n) is 5.50. The Morgan fingerprint density at radius 1 is 1.33 bits per heavy atom. The molecule has 1 aliphatic rings. The lowest BCUT2D eigenvalue weighted by molar-refractivity contribution is -0.137. The van der Waals surface area contributed by atoms with Gasteiger partial charge < -0.3 is 5.73 Å². The molecule has 2 rings (SSSR count). The summed E-state index contributed by atoms with van der Waals surface area (Å²) in [4.78, 5) is 0. The minimum absolute atomic E-state index is 0. The number of rotatable bonds is 3. The summed E-state index contributed by atoms with van der Waals surface area (Å²) in [7, 11) is 0. The Labute approximate surface area is 115 Å².